The van der Waals surface area contributed by atoms with Gasteiger partial charge in [0.2, 0.25) is 0 Å². The minimum absolute atomic E-state index is 0.451. The van der Waals surface area contributed by atoms with Crippen LogP contribution in [0.3, 0.4) is 0 Å². The first-order valence-corrected chi connectivity index (χ1v) is 7.59. The Hall–Kier alpha value is -0.0800. The van der Waals surface area contributed by atoms with Crippen molar-refractivity contribution in [1.29, 1.82) is 0 Å². The monoisotopic (exact) mass is 240 g/mol. The van der Waals surface area contributed by atoms with Crippen LogP contribution in [0, 0.1) is 5.41 Å². The molecule has 1 atom stereocenters. The normalized spacial score (nSPS) is 19.6. The minimum atomic E-state index is 0.451. The van der Waals surface area contributed by atoms with E-state index < -0.39 is 0 Å². The van der Waals surface area contributed by atoms with Crippen molar-refractivity contribution in [2.45, 2.75) is 65.8 Å². The van der Waals surface area contributed by atoms with Gasteiger partial charge in [0, 0.05) is 19.1 Å². The number of rotatable bonds is 10. The fourth-order valence-corrected chi connectivity index (χ4v) is 2.24. The van der Waals surface area contributed by atoms with Crippen LogP contribution in [0.15, 0.2) is 0 Å². The molecule has 1 rings (SSSR count). The Bertz CT molecular complexity index is 201. The standard InChI is InChI=1S/C15H32N2/c1-5-8-11-17(7-3)13-15(4,6-2)12-16-14-9-10-14/h14,16H,5-13H2,1-4H3. The van der Waals surface area contributed by atoms with E-state index in [1.54, 1.807) is 0 Å². The summed E-state index contributed by atoms with van der Waals surface area (Å²) in [4.78, 5) is 2.63. The molecule has 0 aromatic rings. The van der Waals surface area contributed by atoms with Crippen LogP contribution in [0.2, 0.25) is 0 Å². The third kappa shape index (κ3) is 5.87. The van der Waals surface area contributed by atoms with E-state index in [1.807, 2.05) is 0 Å². The molecule has 1 fully saturated rings. The average molecular weight is 240 g/mol. The van der Waals surface area contributed by atoms with Crippen molar-refractivity contribution < 1.29 is 0 Å². The van der Waals surface area contributed by atoms with Crippen LogP contribution in [0.1, 0.15) is 59.8 Å². The summed E-state index contributed by atoms with van der Waals surface area (Å²) >= 11 is 0. The van der Waals surface area contributed by atoms with Crippen molar-refractivity contribution in [2.75, 3.05) is 26.2 Å². The summed E-state index contributed by atoms with van der Waals surface area (Å²) in [7, 11) is 0. The van der Waals surface area contributed by atoms with Gasteiger partial charge in [-0.2, -0.15) is 0 Å². The molecule has 0 aromatic carbocycles. The molecule has 0 bridgehead atoms. The first-order chi connectivity index (χ1) is 8.13. The van der Waals surface area contributed by atoms with Crippen LogP contribution in [0.5, 0.6) is 0 Å². The Morgan fingerprint density at radius 3 is 2.41 bits per heavy atom. The number of unbranched alkanes of at least 4 members (excludes halogenated alkanes) is 1. The lowest BCUT2D eigenvalue weighted by Crippen LogP contribution is -2.42. The molecule has 1 saturated carbocycles. The second kappa shape index (κ2) is 7.38. The molecule has 2 nitrogen and oxygen atoms in total. The largest absolute Gasteiger partial charge is 0.313 e. The second-order valence-electron chi connectivity index (χ2n) is 6.04. The molecule has 1 unspecified atom stereocenters. The number of hydrogen-bond acceptors (Lipinski definition) is 2. The molecule has 0 radical (unpaired) electrons. The van der Waals surface area contributed by atoms with E-state index in [4.69, 9.17) is 0 Å². The van der Waals surface area contributed by atoms with Crippen molar-refractivity contribution in [1.82, 2.24) is 10.2 Å². The lowest BCUT2D eigenvalue weighted by atomic mass is 9.86. The van der Waals surface area contributed by atoms with Gasteiger partial charge < -0.3 is 10.2 Å². The summed E-state index contributed by atoms with van der Waals surface area (Å²) in [6.45, 7) is 14.3. The molecule has 0 spiro atoms. The van der Waals surface area contributed by atoms with E-state index >= 15 is 0 Å². The summed E-state index contributed by atoms with van der Waals surface area (Å²) in [5, 5.41) is 3.71. The molecule has 1 aliphatic carbocycles. The van der Waals surface area contributed by atoms with Gasteiger partial charge in [0.15, 0.2) is 0 Å². The van der Waals surface area contributed by atoms with Crippen molar-refractivity contribution >= 4 is 0 Å². The molecule has 1 N–H and O–H groups in total. The molecule has 2 heteroatoms. The quantitative estimate of drug-likeness (QED) is 0.630. The van der Waals surface area contributed by atoms with E-state index in [0.717, 1.165) is 6.04 Å². The molecule has 1 aliphatic rings. The van der Waals surface area contributed by atoms with E-state index in [2.05, 4.69) is 37.9 Å². The SMILES string of the molecule is CCCCN(CC)CC(C)(CC)CNC1CC1. The topological polar surface area (TPSA) is 15.3 Å². The van der Waals surface area contributed by atoms with Gasteiger partial charge in [-0.05, 0) is 44.2 Å². The number of nitrogens with one attached hydrogen (secondary N) is 1. The van der Waals surface area contributed by atoms with Gasteiger partial charge in [0.1, 0.15) is 0 Å². The van der Waals surface area contributed by atoms with E-state index in [0.29, 0.717) is 5.41 Å². The van der Waals surface area contributed by atoms with Gasteiger partial charge in [0.25, 0.3) is 0 Å². The summed E-state index contributed by atoms with van der Waals surface area (Å²) in [6.07, 6.45) is 6.71. The lowest BCUT2D eigenvalue weighted by molar-refractivity contribution is 0.158. The fraction of sp³-hybridized carbons (Fsp3) is 1.00. The van der Waals surface area contributed by atoms with Crippen LogP contribution >= 0.6 is 0 Å². The first kappa shape index (κ1) is 15.0. The van der Waals surface area contributed by atoms with Gasteiger partial charge >= 0.3 is 0 Å². The molecule has 17 heavy (non-hydrogen) atoms. The van der Waals surface area contributed by atoms with Crippen molar-refractivity contribution in [3.8, 4) is 0 Å². The number of nitrogens with zero attached hydrogens (tertiary/aromatic N) is 1. The first-order valence-electron chi connectivity index (χ1n) is 7.59. The van der Waals surface area contributed by atoms with E-state index in [1.165, 1.54) is 58.3 Å². The predicted molar refractivity (Wildman–Crippen MR) is 76.4 cm³/mol. The molecule has 102 valence electrons. The third-order valence-electron chi connectivity index (χ3n) is 4.13. The van der Waals surface area contributed by atoms with Crippen LogP contribution < -0.4 is 5.32 Å². The van der Waals surface area contributed by atoms with Gasteiger partial charge in [-0.1, -0.05) is 34.1 Å². The van der Waals surface area contributed by atoms with Gasteiger partial charge in [-0.3, -0.25) is 0 Å². The van der Waals surface area contributed by atoms with Crippen molar-refractivity contribution in [3.63, 3.8) is 0 Å². The maximum Gasteiger partial charge on any atom is 0.00684 e. The average Bonchev–Trinajstić information content (AvgIpc) is 3.16. The van der Waals surface area contributed by atoms with Crippen LogP contribution in [-0.4, -0.2) is 37.1 Å². The van der Waals surface area contributed by atoms with Crippen LogP contribution in [-0.2, 0) is 0 Å². The Kier molecular flexibility index (Phi) is 6.50. The lowest BCUT2D eigenvalue weighted by Gasteiger charge is -2.35. The highest BCUT2D eigenvalue weighted by molar-refractivity contribution is 4.86. The molecule has 0 amide bonds. The summed E-state index contributed by atoms with van der Waals surface area (Å²) in [5.41, 5.74) is 0.451. The summed E-state index contributed by atoms with van der Waals surface area (Å²) in [6, 6.07) is 0.839. The highest BCUT2D eigenvalue weighted by Gasteiger charge is 2.28. The van der Waals surface area contributed by atoms with E-state index in [9.17, 15) is 0 Å². The highest BCUT2D eigenvalue weighted by Crippen LogP contribution is 2.25. The van der Waals surface area contributed by atoms with Crippen molar-refractivity contribution in [2.24, 2.45) is 5.41 Å². The zero-order chi connectivity index (χ0) is 12.7. The molecule has 0 aromatic heterocycles. The fourth-order valence-electron chi connectivity index (χ4n) is 2.24. The van der Waals surface area contributed by atoms with Crippen LogP contribution in [0.25, 0.3) is 0 Å². The van der Waals surface area contributed by atoms with Gasteiger partial charge in [-0.15, -0.1) is 0 Å². The summed E-state index contributed by atoms with van der Waals surface area (Å²) in [5.74, 6) is 0. The minimum Gasteiger partial charge on any atom is -0.313 e. The number of hydrogen-bond donors (Lipinski definition) is 1. The van der Waals surface area contributed by atoms with Gasteiger partial charge in [0.05, 0.1) is 0 Å². The van der Waals surface area contributed by atoms with Crippen molar-refractivity contribution in [3.05, 3.63) is 0 Å². The van der Waals surface area contributed by atoms with Crippen LogP contribution in [0.4, 0.5) is 0 Å². The Balaban J connectivity index is 2.34. The zero-order valence-electron chi connectivity index (χ0n) is 12.4. The maximum absolute atomic E-state index is 3.71. The molecule has 0 aliphatic heterocycles. The smallest absolute Gasteiger partial charge is 0.00684 e. The Morgan fingerprint density at radius 2 is 1.94 bits per heavy atom. The zero-order valence-corrected chi connectivity index (χ0v) is 12.4. The predicted octanol–water partition coefficient (Wildman–Crippen LogP) is 3.28. The molecular weight excluding hydrogens is 208 g/mol. The highest BCUT2D eigenvalue weighted by atomic mass is 15.1. The summed E-state index contributed by atoms with van der Waals surface area (Å²) < 4.78 is 0. The maximum atomic E-state index is 3.71. The third-order valence-corrected chi connectivity index (χ3v) is 4.13. The molecule has 0 saturated heterocycles. The second-order valence-corrected chi connectivity index (χ2v) is 6.04. The molecule has 0 heterocycles. The Labute approximate surface area is 108 Å². The van der Waals surface area contributed by atoms with Gasteiger partial charge in [-0.25, -0.2) is 0 Å². The Morgan fingerprint density at radius 1 is 1.24 bits per heavy atom. The van der Waals surface area contributed by atoms with E-state index in [-0.39, 0.29) is 0 Å². The molecular formula is C15H32N2.